The van der Waals surface area contributed by atoms with Crippen molar-refractivity contribution in [1.29, 1.82) is 0 Å². The van der Waals surface area contributed by atoms with Crippen LogP contribution in [0.2, 0.25) is 0 Å². The van der Waals surface area contributed by atoms with Gasteiger partial charge in [-0.15, -0.1) is 24.0 Å². The Morgan fingerprint density at radius 1 is 1.69 bits per heavy atom. The van der Waals surface area contributed by atoms with E-state index in [-0.39, 0.29) is 18.6 Å². The summed E-state index contributed by atoms with van der Waals surface area (Å²) in [6.07, 6.45) is 1.78. The van der Waals surface area contributed by atoms with Gasteiger partial charge >= 0.3 is 0 Å². The Balaban J connectivity index is 0.00000144. The van der Waals surface area contributed by atoms with E-state index < -0.39 is 0 Å². The molecule has 0 saturated heterocycles. The SMILES string of the molecule is COC1C(C)=CN=C(CCl)N1C.Cl. The van der Waals surface area contributed by atoms with E-state index in [1.165, 1.54) is 0 Å². The maximum atomic E-state index is 5.69. The van der Waals surface area contributed by atoms with E-state index in [2.05, 4.69) is 4.99 Å². The van der Waals surface area contributed by atoms with Crippen molar-refractivity contribution in [3.63, 3.8) is 0 Å². The third kappa shape index (κ3) is 2.59. The topological polar surface area (TPSA) is 24.8 Å². The van der Waals surface area contributed by atoms with Crippen LogP contribution in [0.3, 0.4) is 0 Å². The molecule has 0 N–H and O–H groups in total. The van der Waals surface area contributed by atoms with E-state index in [0.29, 0.717) is 5.88 Å². The molecule has 0 bridgehead atoms. The lowest BCUT2D eigenvalue weighted by molar-refractivity contribution is 0.0465. The second kappa shape index (κ2) is 5.47. The molecule has 1 unspecified atom stereocenters. The number of amidine groups is 1. The van der Waals surface area contributed by atoms with Crippen LogP contribution in [-0.2, 0) is 4.74 Å². The van der Waals surface area contributed by atoms with Gasteiger partial charge in [0.25, 0.3) is 0 Å². The van der Waals surface area contributed by atoms with Crippen LogP contribution < -0.4 is 0 Å². The van der Waals surface area contributed by atoms with E-state index in [9.17, 15) is 0 Å². The van der Waals surface area contributed by atoms with Gasteiger partial charge in [0, 0.05) is 20.4 Å². The summed E-state index contributed by atoms with van der Waals surface area (Å²) in [5.74, 6) is 1.26. The lowest BCUT2D eigenvalue weighted by Crippen LogP contribution is -2.41. The molecule has 1 heterocycles. The Kier molecular flexibility index (Phi) is 5.37. The van der Waals surface area contributed by atoms with Gasteiger partial charge in [0.05, 0.1) is 5.88 Å². The zero-order valence-electron chi connectivity index (χ0n) is 7.95. The quantitative estimate of drug-likeness (QED) is 0.670. The second-order valence-corrected chi connectivity index (χ2v) is 3.02. The van der Waals surface area contributed by atoms with Gasteiger partial charge in [0.2, 0.25) is 0 Å². The van der Waals surface area contributed by atoms with Crippen molar-refractivity contribution < 1.29 is 4.74 Å². The fraction of sp³-hybridized carbons (Fsp3) is 0.625. The highest BCUT2D eigenvalue weighted by Gasteiger charge is 2.21. The molecule has 0 spiro atoms. The Morgan fingerprint density at radius 3 is 2.77 bits per heavy atom. The predicted octanol–water partition coefficient (Wildman–Crippen LogP) is 1.87. The zero-order valence-corrected chi connectivity index (χ0v) is 9.52. The Hall–Kier alpha value is -0.250. The standard InChI is InChI=1S/C8H13ClN2O.ClH/c1-6-5-10-7(4-9)11(2)8(6)12-3;/h5,8H,4H2,1-3H3;1H. The minimum absolute atomic E-state index is 0. The average molecular weight is 225 g/mol. The summed E-state index contributed by atoms with van der Waals surface area (Å²) >= 11 is 5.69. The Labute approximate surface area is 89.8 Å². The van der Waals surface area contributed by atoms with E-state index in [1.54, 1.807) is 13.3 Å². The van der Waals surface area contributed by atoms with Crippen molar-refractivity contribution in [2.45, 2.75) is 13.2 Å². The first-order valence-corrected chi connectivity index (χ1v) is 4.29. The number of hydrogen-bond donors (Lipinski definition) is 0. The van der Waals surface area contributed by atoms with E-state index >= 15 is 0 Å². The lowest BCUT2D eigenvalue weighted by atomic mass is 10.2. The smallest absolute Gasteiger partial charge is 0.154 e. The molecule has 1 aliphatic heterocycles. The first-order chi connectivity index (χ1) is 5.70. The predicted molar refractivity (Wildman–Crippen MR) is 57.7 cm³/mol. The summed E-state index contributed by atoms with van der Waals surface area (Å²) in [4.78, 5) is 6.11. The number of methoxy groups -OCH3 is 1. The maximum Gasteiger partial charge on any atom is 0.154 e. The Morgan fingerprint density at radius 2 is 2.31 bits per heavy atom. The second-order valence-electron chi connectivity index (χ2n) is 2.75. The Bertz CT molecular complexity index is 228. The van der Waals surface area contributed by atoms with E-state index in [4.69, 9.17) is 16.3 Å². The fourth-order valence-electron chi connectivity index (χ4n) is 1.24. The summed E-state index contributed by atoms with van der Waals surface area (Å²) in [6.45, 7) is 1.99. The number of ether oxygens (including phenoxy) is 1. The molecular weight excluding hydrogens is 211 g/mol. The molecular formula is C8H14Cl2N2O. The highest BCUT2D eigenvalue weighted by atomic mass is 35.5. The molecule has 3 nitrogen and oxygen atoms in total. The van der Waals surface area contributed by atoms with Crippen molar-refractivity contribution in [1.82, 2.24) is 4.90 Å². The number of aliphatic imine (C=N–C) groups is 1. The molecule has 0 aromatic rings. The molecule has 0 aromatic carbocycles. The highest BCUT2D eigenvalue weighted by molar-refractivity contribution is 6.28. The molecule has 1 rings (SSSR count). The fourth-order valence-corrected chi connectivity index (χ4v) is 1.50. The van der Waals surface area contributed by atoms with Crippen molar-refractivity contribution in [3.8, 4) is 0 Å². The lowest BCUT2D eigenvalue weighted by Gasteiger charge is -2.31. The number of rotatable bonds is 2. The zero-order chi connectivity index (χ0) is 9.14. The molecule has 0 radical (unpaired) electrons. The monoisotopic (exact) mass is 224 g/mol. The number of likely N-dealkylation sites (N-methyl/N-ethyl adjacent to an activating group) is 1. The normalized spacial score (nSPS) is 21.8. The van der Waals surface area contributed by atoms with Crippen LogP contribution in [0.1, 0.15) is 6.92 Å². The van der Waals surface area contributed by atoms with Crippen LogP contribution in [0.4, 0.5) is 0 Å². The summed E-state index contributed by atoms with van der Waals surface area (Å²) in [7, 11) is 3.60. The summed E-state index contributed by atoms with van der Waals surface area (Å²) < 4.78 is 5.27. The van der Waals surface area contributed by atoms with Gasteiger partial charge in [-0.25, -0.2) is 4.99 Å². The molecule has 0 amide bonds. The van der Waals surface area contributed by atoms with Gasteiger partial charge < -0.3 is 9.64 Å². The largest absolute Gasteiger partial charge is 0.358 e. The van der Waals surface area contributed by atoms with Crippen LogP contribution in [0.25, 0.3) is 0 Å². The molecule has 13 heavy (non-hydrogen) atoms. The van der Waals surface area contributed by atoms with Crippen LogP contribution >= 0.6 is 24.0 Å². The van der Waals surface area contributed by atoms with E-state index in [1.807, 2.05) is 18.9 Å². The molecule has 0 aliphatic carbocycles. The van der Waals surface area contributed by atoms with Crippen molar-refractivity contribution >= 4 is 29.8 Å². The van der Waals surface area contributed by atoms with Crippen molar-refractivity contribution in [2.75, 3.05) is 20.0 Å². The molecule has 1 aliphatic rings. The van der Waals surface area contributed by atoms with Gasteiger partial charge in [-0.3, -0.25) is 0 Å². The van der Waals surface area contributed by atoms with Crippen LogP contribution in [0.15, 0.2) is 16.8 Å². The summed E-state index contributed by atoms with van der Waals surface area (Å²) in [5, 5.41) is 0. The number of halogens is 2. The molecule has 76 valence electrons. The number of nitrogens with zero attached hydrogens (tertiary/aromatic N) is 2. The van der Waals surface area contributed by atoms with Crippen molar-refractivity contribution in [2.24, 2.45) is 4.99 Å². The van der Waals surface area contributed by atoms with Gasteiger partial charge in [0.1, 0.15) is 5.84 Å². The molecule has 0 saturated carbocycles. The van der Waals surface area contributed by atoms with Crippen LogP contribution in [-0.4, -0.2) is 37.0 Å². The minimum Gasteiger partial charge on any atom is -0.358 e. The molecule has 5 heteroatoms. The first-order valence-electron chi connectivity index (χ1n) is 3.75. The first kappa shape index (κ1) is 12.8. The van der Waals surface area contributed by atoms with Gasteiger partial charge in [-0.1, -0.05) is 0 Å². The summed E-state index contributed by atoms with van der Waals surface area (Å²) in [6, 6.07) is 0. The minimum atomic E-state index is -0.0174. The third-order valence-electron chi connectivity index (χ3n) is 1.91. The van der Waals surface area contributed by atoms with Gasteiger partial charge in [-0.2, -0.15) is 0 Å². The number of alkyl halides is 1. The highest BCUT2D eigenvalue weighted by Crippen LogP contribution is 2.15. The van der Waals surface area contributed by atoms with Crippen LogP contribution in [0, 0.1) is 0 Å². The molecule has 0 aromatic heterocycles. The summed E-state index contributed by atoms with van der Waals surface area (Å²) in [5.41, 5.74) is 1.09. The van der Waals surface area contributed by atoms with Gasteiger partial charge in [-0.05, 0) is 12.5 Å². The average Bonchev–Trinajstić information content (AvgIpc) is 2.06. The maximum absolute atomic E-state index is 5.69. The number of hydrogen-bond acceptors (Lipinski definition) is 3. The van der Waals surface area contributed by atoms with E-state index in [0.717, 1.165) is 11.4 Å². The van der Waals surface area contributed by atoms with Gasteiger partial charge in [0.15, 0.2) is 6.23 Å². The van der Waals surface area contributed by atoms with Crippen LogP contribution in [0.5, 0.6) is 0 Å². The molecule has 0 fully saturated rings. The van der Waals surface area contributed by atoms with Crippen molar-refractivity contribution in [3.05, 3.63) is 11.8 Å². The molecule has 1 atom stereocenters. The third-order valence-corrected chi connectivity index (χ3v) is 2.15.